The lowest BCUT2D eigenvalue weighted by atomic mass is 9.86. The molecule has 15 heavy (non-hydrogen) atoms. The molecule has 0 fully saturated rings. The summed E-state index contributed by atoms with van der Waals surface area (Å²) < 4.78 is 0. The summed E-state index contributed by atoms with van der Waals surface area (Å²) in [5.74, 6) is 0.703. The van der Waals surface area contributed by atoms with Gasteiger partial charge in [-0.15, -0.1) is 11.6 Å². The second-order valence-corrected chi connectivity index (χ2v) is 5.18. The van der Waals surface area contributed by atoms with E-state index in [1.165, 1.54) is 16.7 Å². The first-order chi connectivity index (χ1) is 7.15. The van der Waals surface area contributed by atoms with Gasteiger partial charge in [0.2, 0.25) is 0 Å². The third kappa shape index (κ3) is 2.63. The van der Waals surface area contributed by atoms with Gasteiger partial charge in [0.1, 0.15) is 0 Å². The summed E-state index contributed by atoms with van der Waals surface area (Å²) in [6.45, 7) is 4.39. The summed E-state index contributed by atoms with van der Waals surface area (Å²) >= 11 is 6.21. The zero-order valence-electron chi connectivity index (χ0n) is 9.33. The molecule has 2 unspecified atom stereocenters. The van der Waals surface area contributed by atoms with E-state index in [4.69, 9.17) is 11.6 Å². The topological polar surface area (TPSA) is 0 Å². The van der Waals surface area contributed by atoms with E-state index in [0.717, 1.165) is 12.8 Å². The van der Waals surface area contributed by atoms with Gasteiger partial charge >= 0.3 is 0 Å². The molecule has 0 bridgehead atoms. The van der Waals surface area contributed by atoms with E-state index in [9.17, 15) is 0 Å². The van der Waals surface area contributed by atoms with Crippen LogP contribution in [0.25, 0.3) is 5.57 Å². The van der Waals surface area contributed by atoms with Crippen molar-refractivity contribution in [2.45, 2.75) is 32.1 Å². The van der Waals surface area contributed by atoms with Crippen LogP contribution in [-0.4, -0.2) is 5.38 Å². The Morgan fingerprint density at radius 2 is 1.87 bits per heavy atom. The van der Waals surface area contributed by atoms with Crippen molar-refractivity contribution in [3.63, 3.8) is 0 Å². The molecule has 0 radical (unpaired) electrons. The van der Waals surface area contributed by atoms with E-state index in [2.05, 4.69) is 44.2 Å². The number of hydrogen-bond acceptors (Lipinski definition) is 0. The minimum atomic E-state index is 0.213. The van der Waals surface area contributed by atoms with Crippen molar-refractivity contribution in [1.82, 2.24) is 0 Å². The molecule has 0 aromatic heterocycles. The molecule has 0 heterocycles. The molecule has 1 heteroatoms. The van der Waals surface area contributed by atoms with Gasteiger partial charge in [0.25, 0.3) is 0 Å². The standard InChI is InChI=1S/C14H17Cl/c1-10-3-5-12(6-4-10)13-7-11(2)8-14(15)9-13/h3-6,9,11,14H,7-8H2,1-2H3. The minimum Gasteiger partial charge on any atom is -0.118 e. The Bertz CT molecular complexity index is 361. The van der Waals surface area contributed by atoms with Crippen LogP contribution in [0.1, 0.15) is 30.9 Å². The number of allylic oxidation sites excluding steroid dienone is 2. The fourth-order valence-corrected chi connectivity index (χ4v) is 2.64. The molecule has 0 nitrogen and oxygen atoms in total. The van der Waals surface area contributed by atoms with E-state index in [0.29, 0.717) is 5.92 Å². The van der Waals surface area contributed by atoms with Gasteiger partial charge in [0.05, 0.1) is 5.38 Å². The zero-order valence-corrected chi connectivity index (χ0v) is 10.1. The number of halogens is 1. The van der Waals surface area contributed by atoms with Crippen LogP contribution in [0, 0.1) is 12.8 Å². The van der Waals surface area contributed by atoms with Crippen LogP contribution >= 0.6 is 11.6 Å². The smallest absolute Gasteiger partial charge is 0.0524 e. The first kappa shape index (κ1) is 10.8. The molecule has 0 amide bonds. The van der Waals surface area contributed by atoms with Crippen molar-refractivity contribution in [2.24, 2.45) is 5.92 Å². The fourth-order valence-electron chi connectivity index (χ4n) is 2.18. The first-order valence-corrected chi connectivity index (χ1v) is 6.00. The molecule has 0 saturated heterocycles. The summed E-state index contributed by atoms with van der Waals surface area (Å²) in [4.78, 5) is 0. The molecule has 80 valence electrons. The average molecular weight is 221 g/mol. The van der Waals surface area contributed by atoms with Gasteiger partial charge in [0.15, 0.2) is 0 Å². The molecule has 2 atom stereocenters. The highest BCUT2D eigenvalue weighted by molar-refractivity contribution is 6.22. The van der Waals surface area contributed by atoms with E-state index >= 15 is 0 Å². The van der Waals surface area contributed by atoms with Gasteiger partial charge in [0, 0.05) is 0 Å². The predicted octanol–water partition coefficient (Wildman–Crippen LogP) is 4.42. The van der Waals surface area contributed by atoms with Gasteiger partial charge < -0.3 is 0 Å². The SMILES string of the molecule is Cc1ccc(C2=CC(Cl)CC(C)C2)cc1. The van der Waals surface area contributed by atoms with Gasteiger partial charge in [-0.2, -0.15) is 0 Å². The van der Waals surface area contributed by atoms with Crippen molar-refractivity contribution < 1.29 is 0 Å². The van der Waals surface area contributed by atoms with Crippen molar-refractivity contribution in [3.05, 3.63) is 41.5 Å². The van der Waals surface area contributed by atoms with E-state index in [1.807, 2.05) is 0 Å². The Morgan fingerprint density at radius 3 is 2.47 bits per heavy atom. The molecule has 2 rings (SSSR count). The lowest BCUT2D eigenvalue weighted by Gasteiger charge is -2.22. The van der Waals surface area contributed by atoms with Crippen LogP contribution in [-0.2, 0) is 0 Å². The normalized spacial score (nSPS) is 26.2. The van der Waals surface area contributed by atoms with Gasteiger partial charge in [-0.3, -0.25) is 0 Å². The maximum Gasteiger partial charge on any atom is 0.0524 e. The Balaban J connectivity index is 2.26. The largest absolute Gasteiger partial charge is 0.118 e. The Labute approximate surface area is 97.0 Å². The fraction of sp³-hybridized carbons (Fsp3) is 0.429. The molecule has 1 aromatic rings. The highest BCUT2D eigenvalue weighted by Gasteiger charge is 2.18. The summed E-state index contributed by atoms with van der Waals surface area (Å²) in [7, 11) is 0. The van der Waals surface area contributed by atoms with E-state index in [-0.39, 0.29) is 5.38 Å². The molecular weight excluding hydrogens is 204 g/mol. The van der Waals surface area contributed by atoms with Gasteiger partial charge in [-0.1, -0.05) is 42.8 Å². The third-order valence-electron chi connectivity index (χ3n) is 3.00. The first-order valence-electron chi connectivity index (χ1n) is 5.57. The zero-order chi connectivity index (χ0) is 10.8. The third-order valence-corrected chi connectivity index (χ3v) is 3.30. The predicted molar refractivity (Wildman–Crippen MR) is 67.2 cm³/mol. The molecule has 0 spiro atoms. The Morgan fingerprint density at radius 1 is 1.20 bits per heavy atom. The van der Waals surface area contributed by atoms with Crippen LogP contribution in [0.4, 0.5) is 0 Å². The van der Waals surface area contributed by atoms with Crippen LogP contribution in [0.5, 0.6) is 0 Å². The van der Waals surface area contributed by atoms with Crippen LogP contribution < -0.4 is 0 Å². The van der Waals surface area contributed by atoms with Crippen molar-refractivity contribution in [1.29, 1.82) is 0 Å². The van der Waals surface area contributed by atoms with E-state index < -0.39 is 0 Å². The van der Waals surface area contributed by atoms with Gasteiger partial charge in [-0.25, -0.2) is 0 Å². The number of aryl methyl sites for hydroxylation is 1. The lowest BCUT2D eigenvalue weighted by molar-refractivity contribution is 0.540. The van der Waals surface area contributed by atoms with E-state index in [1.54, 1.807) is 0 Å². The monoisotopic (exact) mass is 220 g/mol. The van der Waals surface area contributed by atoms with Crippen LogP contribution in [0.3, 0.4) is 0 Å². The summed E-state index contributed by atoms with van der Waals surface area (Å²) in [6, 6.07) is 8.73. The van der Waals surface area contributed by atoms with Gasteiger partial charge in [-0.05, 0) is 36.8 Å². The molecule has 0 N–H and O–H groups in total. The molecule has 0 saturated carbocycles. The second kappa shape index (κ2) is 4.40. The lowest BCUT2D eigenvalue weighted by Crippen LogP contribution is -2.11. The minimum absolute atomic E-state index is 0.213. The number of benzene rings is 1. The molecule has 1 aromatic carbocycles. The Hall–Kier alpha value is -0.750. The molecule has 0 aliphatic heterocycles. The maximum atomic E-state index is 6.21. The van der Waals surface area contributed by atoms with Crippen LogP contribution in [0.2, 0.25) is 0 Å². The summed E-state index contributed by atoms with van der Waals surface area (Å²) in [5.41, 5.74) is 4.05. The number of alkyl halides is 1. The maximum absolute atomic E-state index is 6.21. The average Bonchev–Trinajstić information content (AvgIpc) is 2.17. The number of rotatable bonds is 1. The summed E-state index contributed by atoms with van der Waals surface area (Å²) in [5, 5.41) is 0.213. The molecule has 1 aliphatic carbocycles. The Kier molecular flexibility index (Phi) is 3.16. The van der Waals surface area contributed by atoms with Crippen molar-refractivity contribution in [3.8, 4) is 0 Å². The number of hydrogen-bond donors (Lipinski definition) is 0. The summed E-state index contributed by atoms with van der Waals surface area (Å²) in [6.07, 6.45) is 4.48. The van der Waals surface area contributed by atoms with Crippen LogP contribution in [0.15, 0.2) is 30.3 Å². The quantitative estimate of drug-likeness (QED) is 0.615. The highest BCUT2D eigenvalue weighted by atomic mass is 35.5. The second-order valence-electron chi connectivity index (χ2n) is 4.62. The van der Waals surface area contributed by atoms with Crippen molar-refractivity contribution >= 4 is 17.2 Å². The highest BCUT2D eigenvalue weighted by Crippen LogP contribution is 2.32. The molecular formula is C14H17Cl. The van der Waals surface area contributed by atoms with Crippen molar-refractivity contribution in [2.75, 3.05) is 0 Å². The molecule has 1 aliphatic rings.